The van der Waals surface area contributed by atoms with Crippen LogP contribution in [0.4, 0.5) is 0 Å². The molecule has 2 atom stereocenters. The van der Waals surface area contributed by atoms with Gasteiger partial charge in [0, 0.05) is 51.2 Å². The molecule has 1 fully saturated rings. The highest BCUT2D eigenvalue weighted by molar-refractivity contribution is 5.15. The average Bonchev–Trinajstić information content (AvgIpc) is 3.03. The van der Waals surface area contributed by atoms with Crippen LogP contribution >= 0.6 is 0 Å². The van der Waals surface area contributed by atoms with Gasteiger partial charge in [-0.25, -0.2) is 4.98 Å². The fraction of sp³-hybridized carbons (Fsp3) is 0.550. The van der Waals surface area contributed by atoms with E-state index in [0.29, 0.717) is 6.04 Å². The van der Waals surface area contributed by atoms with Crippen LogP contribution in [0.5, 0.6) is 0 Å². The molecule has 1 aromatic heterocycles. The molecule has 0 bridgehead atoms. The van der Waals surface area contributed by atoms with Gasteiger partial charge in [0.2, 0.25) is 0 Å². The average molecular weight is 342 g/mol. The fourth-order valence-corrected chi connectivity index (χ4v) is 3.68. The zero-order chi connectivity index (χ0) is 17.6. The molecule has 2 heterocycles. The lowest BCUT2D eigenvalue weighted by molar-refractivity contribution is 0.0325. The third-order valence-corrected chi connectivity index (χ3v) is 5.02. The molecule has 1 saturated heterocycles. The van der Waals surface area contributed by atoms with Crippen molar-refractivity contribution in [3.63, 3.8) is 0 Å². The minimum Gasteiger partial charge on any atom is -0.392 e. The molecule has 1 aromatic carbocycles. The number of imidazole rings is 1. The van der Waals surface area contributed by atoms with Gasteiger partial charge in [0.15, 0.2) is 0 Å². The van der Waals surface area contributed by atoms with E-state index in [9.17, 15) is 5.11 Å². The van der Waals surface area contributed by atoms with Gasteiger partial charge in [-0.1, -0.05) is 37.3 Å². The number of piperazine rings is 1. The topological polar surface area (TPSA) is 44.5 Å². The first-order chi connectivity index (χ1) is 12.2. The van der Waals surface area contributed by atoms with Crippen LogP contribution in [0.1, 0.15) is 31.7 Å². The zero-order valence-corrected chi connectivity index (χ0v) is 15.4. The molecular weight excluding hydrogens is 312 g/mol. The van der Waals surface area contributed by atoms with Crippen LogP contribution < -0.4 is 0 Å². The number of β-amino-alcohol motifs (C(OH)–C–C–N with tert-alkyl or cyclic N) is 1. The number of aliphatic hydroxyl groups is 1. The SMILES string of the molecule is CC[C@H]1CN(Cc2nccn2Cc2ccccc2)CCN1C[C@H](C)O. The molecule has 1 aliphatic rings. The van der Waals surface area contributed by atoms with Crippen LogP contribution in [0.15, 0.2) is 42.7 Å². The van der Waals surface area contributed by atoms with Crippen molar-refractivity contribution in [2.75, 3.05) is 26.2 Å². The summed E-state index contributed by atoms with van der Waals surface area (Å²) in [5.41, 5.74) is 1.30. The van der Waals surface area contributed by atoms with Crippen molar-refractivity contribution in [3.8, 4) is 0 Å². The van der Waals surface area contributed by atoms with Crippen molar-refractivity contribution in [2.45, 2.75) is 45.5 Å². The van der Waals surface area contributed by atoms with Gasteiger partial charge in [-0.3, -0.25) is 9.80 Å². The first-order valence-corrected chi connectivity index (χ1v) is 9.34. The van der Waals surface area contributed by atoms with Crippen LogP contribution in [-0.2, 0) is 13.1 Å². The van der Waals surface area contributed by atoms with E-state index in [1.807, 2.05) is 13.1 Å². The van der Waals surface area contributed by atoms with E-state index in [4.69, 9.17) is 0 Å². The van der Waals surface area contributed by atoms with Gasteiger partial charge in [-0.2, -0.15) is 0 Å². The third-order valence-electron chi connectivity index (χ3n) is 5.02. The lowest BCUT2D eigenvalue weighted by Gasteiger charge is -2.41. The summed E-state index contributed by atoms with van der Waals surface area (Å²) in [7, 11) is 0. The number of benzene rings is 1. The molecule has 0 unspecified atom stereocenters. The Morgan fingerprint density at radius 1 is 1.20 bits per heavy atom. The van der Waals surface area contributed by atoms with Crippen molar-refractivity contribution in [3.05, 3.63) is 54.1 Å². The van der Waals surface area contributed by atoms with Gasteiger partial charge < -0.3 is 9.67 Å². The highest BCUT2D eigenvalue weighted by Crippen LogP contribution is 2.16. The van der Waals surface area contributed by atoms with Crippen LogP contribution in [0.3, 0.4) is 0 Å². The first kappa shape index (κ1) is 18.1. The molecule has 0 amide bonds. The number of hydrogen-bond donors (Lipinski definition) is 1. The molecule has 5 heteroatoms. The third kappa shape index (κ3) is 4.91. The summed E-state index contributed by atoms with van der Waals surface area (Å²) in [6.07, 6.45) is 4.83. The molecule has 3 rings (SSSR count). The van der Waals surface area contributed by atoms with Crippen LogP contribution in [0, 0.1) is 0 Å². The fourth-order valence-electron chi connectivity index (χ4n) is 3.68. The van der Waals surface area contributed by atoms with E-state index in [1.165, 1.54) is 5.56 Å². The Hall–Kier alpha value is -1.69. The summed E-state index contributed by atoms with van der Waals surface area (Å²) in [5, 5.41) is 9.70. The zero-order valence-electron chi connectivity index (χ0n) is 15.4. The standard InChI is InChI=1S/C20H30N4O/c1-3-19-15-22(11-12-23(19)13-17(2)25)16-20-21-9-10-24(20)14-18-7-5-4-6-8-18/h4-10,17,19,25H,3,11-16H2,1-2H3/t17-,19-/m0/s1. The molecule has 2 aromatic rings. The molecule has 0 saturated carbocycles. The number of aromatic nitrogens is 2. The molecule has 1 N–H and O–H groups in total. The normalized spacial score (nSPS) is 20.7. The van der Waals surface area contributed by atoms with Gasteiger partial charge in [0.1, 0.15) is 5.82 Å². The lowest BCUT2D eigenvalue weighted by Crippen LogP contribution is -2.54. The van der Waals surface area contributed by atoms with Gasteiger partial charge in [-0.05, 0) is 18.9 Å². The van der Waals surface area contributed by atoms with Crippen LogP contribution in [0.2, 0.25) is 0 Å². The predicted molar refractivity (Wildman–Crippen MR) is 100 cm³/mol. The molecule has 0 radical (unpaired) electrons. The van der Waals surface area contributed by atoms with Crippen molar-refractivity contribution in [1.29, 1.82) is 0 Å². The van der Waals surface area contributed by atoms with Crippen LogP contribution in [-0.4, -0.2) is 62.8 Å². The number of hydrogen-bond acceptors (Lipinski definition) is 4. The summed E-state index contributed by atoms with van der Waals surface area (Å²) in [6.45, 7) is 9.73. The van der Waals surface area contributed by atoms with Gasteiger partial charge >= 0.3 is 0 Å². The second-order valence-electron chi connectivity index (χ2n) is 7.10. The number of aliphatic hydroxyl groups excluding tert-OH is 1. The van der Waals surface area contributed by atoms with E-state index < -0.39 is 0 Å². The number of rotatable bonds is 7. The Morgan fingerprint density at radius 2 is 2.00 bits per heavy atom. The van der Waals surface area contributed by atoms with Gasteiger partial charge in [0.05, 0.1) is 12.6 Å². The quantitative estimate of drug-likeness (QED) is 0.838. The van der Waals surface area contributed by atoms with Gasteiger partial charge in [0.25, 0.3) is 0 Å². The Kier molecular flexibility index (Phi) is 6.24. The van der Waals surface area contributed by atoms with Crippen molar-refractivity contribution >= 4 is 0 Å². The molecule has 5 nitrogen and oxygen atoms in total. The van der Waals surface area contributed by atoms with E-state index >= 15 is 0 Å². The van der Waals surface area contributed by atoms with Crippen molar-refractivity contribution < 1.29 is 5.11 Å². The summed E-state index contributed by atoms with van der Waals surface area (Å²) >= 11 is 0. The smallest absolute Gasteiger partial charge is 0.123 e. The monoisotopic (exact) mass is 342 g/mol. The van der Waals surface area contributed by atoms with Crippen LogP contribution in [0.25, 0.3) is 0 Å². The summed E-state index contributed by atoms with van der Waals surface area (Å²) in [6, 6.07) is 11.0. The maximum absolute atomic E-state index is 9.70. The Morgan fingerprint density at radius 3 is 2.72 bits per heavy atom. The Labute approximate surface area is 150 Å². The van der Waals surface area contributed by atoms with E-state index in [0.717, 1.165) is 51.5 Å². The maximum Gasteiger partial charge on any atom is 0.123 e. The number of nitrogens with zero attached hydrogens (tertiary/aromatic N) is 4. The molecular formula is C20H30N4O. The predicted octanol–water partition coefficient (Wildman–Crippen LogP) is 2.21. The van der Waals surface area contributed by atoms with Crippen molar-refractivity contribution in [1.82, 2.24) is 19.4 Å². The second-order valence-corrected chi connectivity index (χ2v) is 7.10. The van der Waals surface area contributed by atoms with Crippen molar-refractivity contribution in [2.24, 2.45) is 0 Å². The molecule has 25 heavy (non-hydrogen) atoms. The lowest BCUT2D eigenvalue weighted by atomic mass is 10.1. The minimum atomic E-state index is -0.259. The Bertz CT molecular complexity index is 640. The summed E-state index contributed by atoms with van der Waals surface area (Å²) in [5.74, 6) is 1.13. The van der Waals surface area contributed by atoms with E-state index in [1.54, 1.807) is 0 Å². The highest BCUT2D eigenvalue weighted by atomic mass is 16.3. The Balaban J connectivity index is 1.61. The minimum absolute atomic E-state index is 0.259. The largest absolute Gasteiger partial charge is 0.392 e. The maximum atomic E-state index is 9.70. The molecule has 0 aliphatic carbocycles. The molecule has 136 valence electrons. The summed E-state index contributed by atoms with van der Waals surface area (Å²) < 4.78 is 2.25. The van der Waals surface area contributed by atoms with E-state index in [2.05, 4.69) is 62.8 Å². The van der Waals surface area contributed by atoms with Gasteiger partial charge in [-0.15, -0.1) is 0 Å². The molecule has 0 spiro atoms. The highest BCUT2D eigenvalue weighted by Gasteiger charge is 2.27. The first-order valence-electron chi connectivity index (χ1n) is 9.34. The second kappa shape index (κ2) is 8.61. The molecule has 1 aliphatic heterocycles. The summed E-state index contributed by atoms with van der Waals surface area (Å²) in [4.78, 5) is 9.52. The van der Waals surface area contributed by atoms with E-state index in [-0.39, 0.29) is 6.10 Å².